The van der Waals surface area contributed by atoms with Gasteiger partial charge in [-0.2, -0.15) is 9.97 Å². The Morgan fingerprint density at radius 3 is 2.52 bits per heavy atom. The summed E-state index contributed by atoms with van der Waals surface area (Å²) in [7, 11) is 0. The first-order valence-corrected chi connectivity index (χ1v) is 15.3. The maximum atomic E-state index is 16.7. The number of anilines is 1. The van der Waals surface area contributed by atoms with Gasteiger partial charge in [0, 0.05) is 41.5 Å². The van der Waals surface area contributed by atoms with Gasteiger partial charge in [-0.3, -0.25) is 4.90 Å². The molecular weight excluding hydrogens is 560 g/mol. The number of hydrogen-bond acceptors (Lipinski definition) is 7. The van der Waals surface area contributed by atoms with Gasteiger partial charge in [0.25, 0.3) is 0 Å². The Labute approximate surface area is 247 Å². The summed E-state index contributed by atoms with van der Waals surface area (Å²) in [4.78, 5) is 14.3. The normalized spacial score (nSPS) is 23.3. The van der Waals surface area contributed by atoms with E-state index in [1.165, 1.54) is 24.3 Å². The SMILES string of the molecule is Oc1cc(-c2ccc3c(N4C[C@H]5CC[C@@H](C4)N5)nc(OCC45CCCN4CCC5)nc3c2F)c2c(Cl)c(F)ccc2c1. The molecular formula is C32H32ClF2N5O2. The summed E-state index contributed by atoms with van der Waals surface area (Å²) in [5, 5.41) is 15.4. The minimum atomic E-state index is -0.613. The highest BCUT2D eigenvalue weighted by Crippen LogP contribution is 2.43. The topological polar surface area (TPSA) is 73.8 Å². The molecule has 1 aromatic heterocycles. The van der Waals surface area contributed by atoms with Crippen molar-refractivity contribution in [1.29, 1.82) is 0 Å². The summed E-state index contributed by atoms with van der Waals surface area (Å²) in [6.07, 6.45) is 6.66. The number of aromatic nitrogens is 2. The van der Waals surface area contributed by atoms with Crippen LogP contribution in [0.15, 0.2) is 36.4 Å². The first-order chi connectivity index (χ1) is 20.4. The standard InChI is InChI=1S/C32H32ClF2N5O2/c33-27-25(34)8-3-18-13-21(41)14-24(26(18)27)22-6-7-23-29(28(22)35)37-31(42-17-32-9-1-11-40(32)12-2-10-32)38-30(23)39-15-19-4-5-20(16-39)36-19/h3,6-8,13-14,19-20,36,41H,1-2,4-5,9-12,15-17H2/t19-,20+. The second-order valence-electron chi connectivity index (χ2n) is 12.4. The Hall–Kier alpha value is -3.27. The molecule has 4 fully saturated rings. The van der Waals surface area contributed by atoms with Gasteiger partial charge in [-0.15, -0.1) is 0 Å². The lowest BCUT2D eigenvalue weighted by molar-refractivity contribution is 0.108. The zero-order valence-electron chi connectivity index (χ0n) is 23.2. The van der Waals surface area contributed by atoms with E-state index < -0.39 is 11.6 Å². The van der Waals surface area contributed by atoms with Gasteiger partial charge in [-0.05, 0) is 86.8 Å². The van der Waals surface area contributed by atoms with E-state index in [9.17, 15) is 9.50 Å². The van der Waals surface area contributed by atoms with Crippen LogP contribution in [0.3, 0.4) is 0 Å². The molecule has 8 rings (SSSR count). The number of phenols is 1. The summed E-state index contributed by atoms with van der Waals surface area (Å²) in [6, 6.07) is 10.0. The van der Waals surface area contributed by atoms with Gasteiger partial charge in [-0.25, -0.2) is 8.78 Å². The van der Waals surface area contributed by atoms with Crippen molar-refractivity contribution in [3.63, 3.8) is 0 Å². The van der Waals surface area contributed by atoms with Gasteiger partial charge in [0.05, 0.1) is 10.6 Å². The molecule has 4 aromatic rings. The van der Waals surface area contributed by atoms with Crippen molar-refractivity contribution >= 4 is 39.1 Å². The predicted molar refractivity (Wildman–Crippen MR) is 159 cm³/mol. The number of fused-ring (bicyclic) bond motifs is 5. The van der Waals surface area contributed by atoms with Crippen LogP contribution in [0.4, 0.5) is 14.6 Å². The second-order valence-corrected chi connectivity index (χ2v) is 12.7. The van der Waals surface area contributed by atoms with E-state index in [2.05, 4.69) is 20.1 Å². The maximum Gasteiger partial charge on any atom is 0.319 e. The van der Waals surface area contributed by atoms with Gasteiger partial charge in [0.15, 0.2) is 5.82 Å². The highest BCUT2D eigenvalue weighted by atomic mass is 35.5. The van der Waals surface area contributed by atoms with E-state index in [0.29, 0.717) is 46.2 Å². The lowest BCUT2D eigenvalue weighted by atomic mass is 9.95. The number of nitrogens with one attached hydrogen (secondary N) is 1. The van der Waals surface area contributed by atoms with Crippen LogP contribution in [0.2, 0.25) is 5.02 Å². The molecule has 3 aromatic carbocycles. The van der Waals surface area contributed by atoms with E-state index in [-0.39, 0.29) is 33.4 Å². The van der Waals surface area contributed by atoms with Gasteiger partial charge in [0.2, 0.25) is 0 Å². The Balaban J connectivity index is 1.27. The average Bonchev–Trinajstić information content (AvgIpc) is 3.67. The minimum Gasteiger partial charge on any atom is -0.508 e. The van der Waals surface area contributed by atoms with E-state index in [4.69, 9.17) is 21.3 Å². The number of nitrogens with zero attached hydrogens (tertiary/aromatic N) is 4. The minimum absolute atomic E-state index is 0.00563. The van der Waals surface area contributed by atoms with Crippen LogP contribution < -0.4 is 15.0 Å². The molecule has 0 aliphatic carbocycles. The summed E-state index contributed by atoms with van der Waals surface area (Å²) in [5.74, 6) is -0.609. The number of benzene rings is 3. The number of piperazine rings is 1. The summed E-state index contributed by atoms with van der Waals surface area (Å²) in [6.45, 7) is 4.17. The monoisotopic (exact) mass is 591 g/mol. The third-order valence-electron chi connectivity index (χ3n) is 9.85. The Bertz CT molecular complexity index is 1710. The first kappa shape index (κ1) is 26.4. The van der Waals surface area contributed by atoms with Crippen molar-refractivity contribution in [2.75, 3.05) is 37.7 Å². The van der Waals surface area contributed by atoms with Crippen molar-refractivity contribution in [2.24, 2.45) is 0 Å². The molecule has 0 saturated carbocycles. The third-order valence-corrected chi connectivity index (χ3v) is 10.2. The quantitative estimate of drug-likeness (QED) is 0.293. The molecule has 4 saturated heterocycles. The molecule has 4 aliphatic rings. The fraction of sp³-hybridized carbons (Fsp3) is 0.438. The second kappa shape index (κ2) is 9.89. The molecule has 0 unspecified atom stereocenters. The fourth-order valence-electron chi connectivity index (χ4n) is 7.86. The van der Waals surface area contributed by atoms with E-state index >= 15 is 4.39 Å². The lowest BCUT2D eigenvalue weighted by Gasteiger charge is -2.34. The highest BCUT2D eigenvalue weighted by Gasteiger charge is 2.45. The van der Waals surface area contributed by atoms with Crippen molar-refractivity contribution in [1.82, 2.24) is 20.2 Å². The van der Waals surface area contributed by atoms with Gasteiger partial charge in [0.1, 0.15) is 29.5 Å². The molecule has 0 radical (unpaired) electrons. The van der Waals surface area contributed by atoms with Crippen molar-refractivity contribution < 1.29 is 18.6 Å². The van der Waals surface area contributed by atoms with Crippen LogP contribution in [0.1, 0.15) is 38.5 Å². The van der Waals surface area contributed by atoms with Crippen LogP contribution in [-0.2, 0) is 0 Å². The highest BCUT2D eigenvalue weighted by molar-refractivity contribution is 6.37. The van der Waals surface area contributed by atoms with Gasteiger partial charge in [-0.1, -0.05) is 23.7 Å². The van der Waals surface area contributed by atoms with Crippen molar-refractivity contribution in [3.05, 3.63) is 53.1 Å². The zero-order valence-corrected chi connectivity index (χ0v) is 23.9. The van der Waals surface area contributed by atoms with E-state index in [1.54, 1.807) is 6.07 Å². The summed E-state index contributed by atoms with van der Waals surface area (Å²) < 4.78 is 37.6. The van der Waals surface area contributed by atoms with Crippen LogP contribution in [-0.4, -0.2) is 70.4 Å². The number of hydrogen-bond donors (Lipinski definition) is 2. The van der Waals surface area contributed by atoms with Gasteiger partial charge < -0.3 is 20.1 Å². The van der Waals surface area contributed by atoms with Crippen LogP contribution in [0.5, 0.6) is 11.8 Å². The Kier molecular flexibility index (Phi) is 6.21. The van der Waals surface area contributed by atoms with E-state index in [0.717, 1.165) is 64.7 Å². The molecule has 4 aliphatic heterocycles. The smallest absolute Gasteiger partial charge is 0.319 e. The molecule has 0 spiro atoms. The largest absolute Gasteiger partial charge is 0.508 e. The fourth-order valence-corrected chi connectivity index (χ4v) is 8.14. The molecule has 0 amide bonds. The number of aromatic hydroxyl groups is 1. The van der Waals surface area contributed by atoms with Crippen LogP contribution in [0, 0.1) is 11.6 Å². The lowest BCUT2D eigenvalue weighted by Crippen LogP contribution is -2.51. The molecule has 42 heavy (non-hydrogen) atoms. The van der Waals surface area contributed by atoms with Crippen molar-refractivity contribution in [3.8, 4) is 22.9 Å². The first-order valence-electron chi connectivity index (χ1n) is 14.9. The number of rotatable bonds is 5. The molecule has 2 N–H and O–H groups in total. The third kappa shape index (κ3) is 4.19. The number of halogens is 3. The van der Waals surface area contributed by atoms with E-state index in [1.807, 2.05) is 6.07 Å². The van der Waals surface area contributed by atoms with Crippen LogP contribution >= 0.6 is 11.6 Å². The molecule has 218 valence electrons. The molecule has 2 atom stereocenters. The number of ether oxygens (including phenoxy) is 1. The molecule has 2 bridgehead atoms. The molecule has 5 heterocycles. The maximum absolute atomic E-state index is 16.7. The zero-order chi connectivity index (χ0) is 28.6. The Morgan fingerprint density at radius 1 is 1.00 bits per heavy atom. The van der Waals surface area contributed by atoms with Gasteiger partial charge >= 0.3 is 6.01 Å². The molecule has 7 nitrogen and oxygen atoms in total. The predicted octanol–water partition coefficient (Wildman–Crippen LogP) is 6.04. The summed E-state index contributed by atoms with van der Waals surface area (Å²) in [5.41, 5.74) is 0.593. The Morgan fingerprint density at radius 2 is 1.76 bits per heavy atom. The summed E-state index contributed by atoms with van der Waals surface area (Å²) >= 11 is 6.40. The van der Waals surface area contributed by atoms with Crippen molar-refractivity contribution in [2.45, 2.75) is 56.1 Å². The average molecular weight is 592 g/mol. The molecule has 10 heteroatoms. The van der Waals surface area contributed by atoms with Crippen LogP contribution in [0.25, 0.3) is 32.8 Å². The number of phenolic OH excluding ortho intramolecular Hbond substituents is 1.